The maximum atomic E-state index is 11.8. The largest absolute Gasteiger partial charge is 0.351 e. The molecule has 2 rings (SSSR count). The highest BCUT2D eigenvalue weighted by Crippen LogP contribution is 2.27. The molecule has 0 spiro atoms. The van der Waals surface area contributed by atoms with Crippen molar-refractivity contribution in [3.63, 3.8) is 0 Å². The van der Waals surface area contributed by atoms with Gasteiger partial charge in [0, 0.05) is 5.69 Å². The van der Waals surface area contributed by atoms with Gasteiger partial charge in [-0.05, 0) is 37.1 Å². The fraction of sp³-hybridized carbons (Fsp3) is 0.188. The highest BCUT2D eigenvalue weighted by molar-refractivity contribution is 5.91. The monoisotopic (exact) mass is 254 g/mol. The number of primary amides is 1. The Hall–Kier alpha value is -2.29. The summed E-state index contributed by atoms with van der Waals surface area (Å²) in [4.78, 5) is 13.4. The minimum atomic E-state index is -0.443. The third-order valence-electron chi connectivity index (χ3n) is 3.19. The van der Waals surface area contributed by atoms with Crippen LogP contribution in [0, 0.1) is 6.92 Å². The smallest absolute Gasteiger partial charge is 0.319 e. The van der Waals surface area contributed by atoms with Crippen LogP contribution in [0.2, 0.25) is 0 Å². The van der Waals surface area contributed by atoms with Crippen LogP contribution in [0.15, 0.2) is 54.6 Å². The van der Waals surface area contributed by atoms with Crippen LogP contribution >= 0.6 is 0 Å². The molecule has 1 unspecified atom stereocenters. The molecule has 0 heterocycles. The molecule has 2 amide bonds. The van der Waals surface area contributed by atoms with Crippen LogP contribution in [0.1, 0.15) is 24.1 Å². The molecule has 0 aromatic heterocycles. The molecule has 3 heteroatoms. The average molecular weight is 254 g/mol. The van der Waals surface area contributed by atoms with E-state index < -0.39 is 6.03 Å². The lowest BCUT2D eigenvalue weighted by Gasteiger charge is -2.28. The van der Waals surface area contributed by atoms with Gasteiger partial charge in [0.05, 0.1) is 6.04 Å². The quantitative estimate of drug-likeness (QED) is 0.893. The maximum absolute atomic E-state index is 11.8. The van der Waals surface area contributed by atoms with Crippen LogP contribution in [0.5, 0.6) is 0 Å². The lowest BCUT2D eigenvalue weighted by atomic mass is 10.1. The Bertz CT molecular complexity index is 566. The number of hydrogen-bond acceptors (Lipinski definition) is 1. The van der Waals surface area contributed by atoms with Crippen molar-refractivity contribution >= 4 is 11.7 Å². The van der Waals surface area contributed by atoms with Crippen molar-refractivity contribution in [3.8, 4) is 0 Å². The number of rotatable bonds is 3. The predicted molar refractivity (Wildman–Crippen MR) is 78.1 cm³/mol. The third-order valence-corrected chi connectivity index (χ3v) is 3.19. The molecule has 2 N–H and O–H groups in total. The SMILES string of the molecule is Cc1cccc(N(C(N)=O)C(C)c2ccccc2)c1. The van der Waals surface area contributed by atoms with Crippen molar-refractivity contribution in [2.75, 3.05) is 4.90 Å². The molecule has 0 radical (unpaired) electrons. The number of carbonyl (C=O) groups excluding carboxylic acids is 1. The Kier molecular flexibility index (Phi) is 3.85. The van der Waals surface area contributed by atoms with E-state index >= 15 is 0 Å². The van der Waals surface area contributed by atoms with Gasteiger partial charge < -0.3 is 5.73 Å². The highest BCUT2D eigenvalue weighted by Gasteiger charge is 2.20. The minimum absolute atomic E-state index is 0.0968. The van der Waals surface area contributed by atoms with Crippen LogP contribution in [-0.4, -0.2) is 6.03 Å². The topological polar surface area (TPSA) is 46.3 Å². The van der Waals surface area contributed by atoms with Gasteiger partial charge in [-0.1, -0.05) is 42.5 Å². The summed E-state index contributed by atoms with van der Waals surface area (Å²) in [6, 6.07) is 17.1. The maximum Gasteiger partial charge on any atom is 0.319 e. The molecule has 2 aromatic rings. The second-order valence-corrected chi connectivity index (χ2v) is 4.63. The molecule has 0 saturated heterocycles. The molecule has 19 heavy (non-hydrogen) atoms. The minimum Gasteiger partial charge on any atom is -0.351 e. The first-order valence-corrected chi connectivity index (χ1v) is 6.30. The van der Waals surface area contributed by atoms with Gasteiger partial charge in [-0.15, -0.1) is 0 Å². The zero-order valence-corrected chi connectivity index (χ0v) is 11.2. The number of aryl methyl sites for hydroxylation is 1. The molecule has 2 aromatic carbocycles. The van der Waals surface area contributed by atoms with E-state index in [-0.39, 0.29) is 6.04 Å². The van der Waals surface area contributed by atoms with E-state index in [2.05, 4.69) is 0 Å². The molecule has 0 bridgehead atoms. The first-order valence-electron chi connectivity index (χ1n) is 6.30. The molecular formula is C16H18N2O. The Balaban J connectivity index is 2.39. The van der Waals surface area contributed by atoms with E-state index in [1.807, 2.05) is 68.4 Å². The van der Waals surface area contributed by atoms with Gasteiger partial charge in [0.1, 0.15) is 0 Å². The Morgan fingerprint density at radius 2 is 1.79 bits per heavy atom. The van der Waals surface area contributed by atoms with Crippen molar-refractivity contribution < 1.29 is 4.79 Å². The summed E-state index contributed by atoms with van der Waals surface area (Å²) in [7, 11) is 0. The van der Waals surface area contributed by atoms with Crippen molar-refractivity contribution in [3.05, 3.63) is 65.7 Å². The molecular weight excluding hydrogens is 236 g/mol. The van der Waals surface area contributed by atoms with Crippen molar-refractivity contribution in [1.29, 1.82) is 0 Å². The van der Waals surface area contributed by atoms with E-state index in [0.29, 0.717) is 0 Å². The summed E-state index contributed by atoms with van der Waals surface area (Å²) >= 11 is 0. The molecule has 0 saturated carbocycles. The molecule has 98 valence electrons. The molecule has 3 nitrogen and oxygen atoms in total. The summed E-state index contributed by atoms with van der Waals surface area (Å²) in [5.41, 5.74) is 8.53. The van der Waals surface area contributed by atoms with Crippen LogP contribution in [0.25, 0.3) is 0 Å². The predicted octanol–water partition coefficient (Wildman–Crippen LogP) is 3.64. The van der Waals surface area contributed by atoms with Gasteiger partial charge in [0.15, 0.2) is 0 Å². The lowest BCUT2D eigenvalue weighted by Crippen LogP contribution is -2.37. The average Bonchev–Trinajstić information content (AvgIpc) is 2.39. The van der Waals surface area contributed by atoms with E-state index in [1.165, 1.54) is 0 Å². The van der Waals surface area contributed by atoms with Crippen LogP contribution in [0.4, 0.5) is 10.5 Å². The Labute approximate surface area is 113 Å². The number of nitrogens with zero attached hydrogens (tertiary/aromatic N) is 1. The molecule has 0 aliphatic rings. The molecule has 0 aliphatic heterocycles. The van der Waals surface area contributed by atoms with Crippen LogP contribution in [-0.2, 0) is 0 Å². The summed E-state index contributed by atoms with van der Waals surface area (Å²) in [5, 5.41) is 0. The fourth-order valence-electron chi connectivity index (χ4n) is 2.20. The van der Waals surface area contributed by atoms with Gasteiger partial charge >= 0.3 is 6.03 Å². The van der Waals surface area contributed by atoms with Gasteiger partial charge in [0.2, 0.25) is 0 Å². The number of nitrogens with two attached hydrogens (primary N) is 1. The number of carbonyl (C=O) groups is 1. The summed E-state index contributed by atoms with van der Waals surface area (Å²) < 4.78 is 0. The van der Waals surface area contributed by atoms with Gasteiger partial charge in [0.25, 0.3) is 0 Å². The van der Waals surface area contributed by atoms with Gasteiger partial charge in [-0.25, -0.2) is 4.79 Å². The normalized spacial score (nSPS) is 11.9. The Morgan fingerprint density at radius 1 is 1.11 bits per heavy atom. The second kappa shape index (κ2) is 5.57. The van der Waals surface area contributed by atoms with Crippen LogP contribution < -0.4 is 10.6 Å². The number of benzene rings is 2. The van der Waals surface area contributed by atoms with Crippen molar-refractivity contribution in [2.45, 2.75) is 19.9 Å². The number of amides is 2. The van der Waals surface area contributed by atoms with E-state index in [0.717, 1.165) is 16.8 Å². The van der Waals surface area contributed by atoms with Gasteiger partial charge in [-0.2, -0.15) is 0 Å². The number of hydrogen-bond donors (Lipinski definition) is 1. The first-order chi connectivity index (χ1) is 9.09. The summed E-state index contributed by atoms with van der Waals surface area (Å²) in [6.07, 6.45) is 0. The molecule has 0 aliphatic carbocycles. The van der Waals surface area contributed by atoms with Crippen molar-refractivity contribution in [1.82, 2.24) is 0 Å². The first kappa shape index (κ1) is 13.1. The summed E-state index contributed by atoms with van der Waals surface area (Å²) in [6.45, 7) is 3.97. The lowest BCUT2D eigenvalue weighted by molar-refractivity contribution is 0.252. The Morgan fingerprint density at radius 3 is 2.37 bits per heavy atom. The number of urea groups is 1. The number of anilines is 1. The summed E-state index contributed by atoms with van der Waals surface area (Å²) in [5.74, 6) is 0. The van der Waals surface area contributed by atoms with E-state index in [1.54, 1.807) is 4.90 Å². The van der Waals surface area contributed by atoms with E-state index in [4.69, 9.17) is 5.73 Å². The molecule has 1 atom stereocenters. The van der Waals surface area contributed by atoms with E-state index in [9.17, 15) is 4.79 Å². The van der Waals surface area contributed by atoms with Crippen molar-refractivity contribution in [2.24, 2.45) is 5.73 Å². The molecule has 0 fully saturated rings. The zero-order chi connectivity index (χ0) is 13.8. The highest BCUT2D eigenvalue weighted by atomic mass is 16.2. The fourth-order valence-corrected chi connectivity index (χ4v) is 2.20. The van der Waals surface area contributed by atoms with Gasteiger partial charge in [-0.3, -0.25) is 4.90 Å². The van der Waals surface area contributed by atoms with Crippen LogP contribution in [0.3, 0.4) is 0 Å². The third kappa shape index (κ3) is 2.94. The standard InChI is InChI=1S/C16H18N2O/c1-12-7-6-10-15(11-12)18(16(17)19)13(2)14-8-4-3-5-9-14/h3-11,13H,1-2H3,(H2,17,19). The second-order valence-electron chi connectivity index (χ2n) is 4.63. The zero-order valence-electron chi connectivity index (χ0n) is 11.2.